The summed E-state index contributed by atoms with van der Waals surface area (Å²) in [7, 11) is 2.90. The van der Waals surface area contributed by atoms with Gasteiger partial charge in [-0.3, -0.25) is 23.5 Å². The Morgan fingerprint density at radius 3 is 2.59 bits per heavy atom. The maximum absolute atomic E-state index is 13.5. The van der Waals surface area contributed by atoms with E-state index in [2.05, 4.69) is 4.98 Å². The second kappa shape index (κ2) is 8.45. The molecule has 1 saturated heterocycles. The molecular formula is C22H24N6O6. The Morgan fingerprint density at radius 1 is 1.09 bits per heavy atom. The number of benzene rings is 1. The van der Waals surface area contributed by atoms with Gasteiger partial charge in [-0.1, -0.05) is 12.1 Å². The summed E-state index contributed by atoms with van der Waals surface area (Å²) in [5.41, 5.74) is -0.140. The Balaban J connectivity index is 1.47. The number of amides is 2. The molecule has 0 bridgehead atoms. The van der Waals surface area contributed by atoms with E-state index in [-0.39, 0.29) is 36.1 Å². The topological polar surface area (TPSA) is 121 Å². The number of fused-ring (bicyclic) bond motifs is 2. The first-order chi connectivity index (χ1) is 16.4. The summed E-state index contributed by atoms with van der Waals surface area (Å²) in [5.74, 6) is -0.110. The Bertz CT molecular complexity index is 1400. The summed E-state index contributed by atoms with van der Waals surface area (Å²) in [4.78, 5) is 58.8. The lowest BCUT2D eigenvalue weighted by molar-refractivity contribution is -0.142. The van der Waals surface area contributed by atoms with Gasteiger partial charge in [0.1, 0.15) is 12.3 Å². The summed E-state index contributed by atoms with van der Waals surface area (Å²) < 4.78 is 15.0. The smallest absolute Gasteiger partial charge is 0.332 e. The molecule has 2 aliphatic heterocycles. The summed E-state index contributed by atoms with van der Waals surface area (Å²) in [5, 5.41) is 0. The van der Waals surface area contributed by atoms with E-state index >= 15 is 0 Å². The second-order valence-corrected chi connectivity index (χ2v) is 8.27. The zero-order chi connectivity index (χ0) is 24.0. The number of para-hydroxylation sites is 2. The molecule has 0 saturated carbocycles. The van der Waals surface area contributed by atoms with E-state index in [1.807, 2.05) is 0 Å². The van der Waals surface area contributed by atoms with Crippen LogP contribution in [0.15, 0.2) is 40.2 Å². The standard InChI is InChI=1S/C22H24N6O6/c1-24-19-18(21(31)25(2)22(24)32)27(13-23-19)12-17(29)28-11-16(20(30)26-7-9-33-10-8-26)34-15-6-4-3-5-14(15)28/h3-6,13,16H,7-12H2,1-2H3/t16-/m0/s1. The molecule has 3 aromatic rings. The highest BCUT2D eigenvalue weighted by atomic mass is 16.5. The molecule has 0 unspecified atom stereocenters. The van der Waals surface area contributed by atoms with Crippen LogP contribution in [0.3, 0.4) is 0 Å². The molecule has 2 aliphatic rings. The highest BCUT2D eigenvalue weighted by Crippen LogP contribution is 2.34. The van der Waals surface area contributed by atoms with Gasteiger partial charge < -0.3 is 23.8 Å². The molecule has 1 atom stereocenters. The fourth-order valence-corrected chi connectivity index (χ4v) is 4.33. The highest BCUT2D eigenvalue weighted by Gasteiger charge is 2.36. The van der Waals surface area contributed by atoms with Crippen molar-refractivity contribution in [2.75, 3.05) is 37.7 Å². The van der Waals surface area contributed by atoms with Gasteiger partial charge in [0.15, 0.2) is 17.3 Å². The van der Waals surface area contributed by atoms with Crippen molar-refractivity contribution in [1.29, 1.82) is 0 Å². The van der Waals surface area contributed by atoms with E-state index in [9.17, 15) is 19.2 Å². The molecule has 12 nitrogen and oxygen atoms in total. The van der Waals surface area contributed by atoms with E-state index in [4.69, 9.17) is 9.47 Å². The average molecular weight is 468 g/mol. The molecular weight excluding hydrogens is 444 g/mol. The van der Waals surface area contributed by atoms with Crippen molar-refractivity contribution in [2.24, 2.45) is 14.1 Å². The minimum Gasteiger partial charge on any atom is -0.476 e. The molecule has 0 aliphatic carbocycles. The van der Waals surface area contributed by atoms with Gasteiger partial charge in [-0.25, -0.2) is 9.78 Å². The van der Waals surface area contributed by atoms with Gasteiger partial charge >= 0.3 is 5.69 Å². The normalized spacial score (nSPS) is 18.0. The zero-order valence-electron chi connectivity index (χ0n) is 18.8. The van der Waals surface area contributed by atoms with Gasteiger partial charge in [-0.2, -0.15) is 0 Å². The van der Waals surface area contributed by atoms with Crippen LogP contribution in [0.4, 0.5) is 5.69 Å². The number of morpholine rings is 1. The zero-order valence-corrected chi connectivity index (χ0v) is 18.8. The van der Waals surface area contributed by atoms with Gasteiger partial charge in [0.25, 0.3) is 11.5 Å². The number of imidazole rings is 1. The molecule has 1 fully saturated rings. The van der Waals surface area contributed by atoms with Crippen molar-refractivity contribution >= 4 is 28.7 Å². The third-order valence-corrected chi connectivity index (χ3v) is 6.20. The van der Waals surface area contributed by atoms with Crippen LogP contribution in [-0.2, 0) is 35.0 Å². The minimum atomic E-state index is -0.856. The maximum atomic E-state index is 13.5. The van der Waals surface area contributed by atoms with Crippen molar-refractivity contribution in [3.8, 4) is 5.75 Å². The van der Waals surface area contributed by atoms with Crippen LogP contribution in [0.2, 0.25) is 0 Å². The van der Waals surface area contributed by atoms with Crippen molar-refractivity contribution in [1.82, 2.24) is 23.6 Å². The molecule has 2 aromatic heterocycles. The third-order valence-electron chi connectivity index (χ3n) is 6.20. The number of anilines is 1. The van der Waals surface area contributed by atoms with Crippen LogP contribution in [0.1, 0.15) is 0 Å². The summed E-state index contributed by atoms with van der Waals surface area (Å²) >= 11 is 0. The number of carbonyl (C=O) groups is 2. The lowest BCUT2D eigenvalue weighted by Crippen LogP contribution is -2.54. The maximum Gasteiger partial charge on any atom is 0.332 e. The first-order valence-electron chi connectivity index (χ1n) is 10.9. The Hall–Kier alpha value is -3.93. The van der Waals surface area contributed by atoms with Gasteiger partial charge in [0, 0.05) is 27.2 Å². The van der Waals surface area contributed by atoms with Gasteiger partial charge in [-0.15, -0.1) is 0 Å². The number of rotatable bonds is 3. The fraction of sp³-hybridized carbons (Fsp3) is 0.409. The number of aryl methyl sites for hydroxylation is 1. The van der Waals surface area contributed by atoms with E-state index in [1.165, 1.54) is 34.5 Å². The van der Waals surface area contributed by atoms with E-state index in [0.717, 1.165) is 4.57 Å². The van der Waals surface area contributed by atoms with E-state index < -0.39 is 17.4 Å². The average Bonchev–Trinajstić information content (AvgIpc) is 3.29. The summed E-state index contributed by atoms with van der Waals surface area (Å²) in [6.07, 6.45) is 0.511. The monoisotopic (exact) mass is 468 g/mol. The van der Waals surface area contributed by atoms with Gasteiger partial charge in [0.2, 0.25) is 5.91 Å². The number of aromatic nitrogens is 4. The van der Waals surface area contributed by atoms with Crippen molar-refractivity contribution in [2.45, 2.75) is 12.6 Å². The number of carbonyl (C=O) groups excluding carboxylic acids is 2. The van der Waals surface area contributed by atoms with E-state index in [1.54, 1.807) is 29.2 Å². The molecule has 12 heteroatoms. The Morgan fingerprint density at radius 2 is 1.82 bits per heavy atom. The number of hydrogen-bond donors (Lipinski definition) is 0. The molecule has 5 rings (SSSR count). The van der Waals surface area contributed by atoms with Crippen LogP contribution in [-0.4, -0.2) is 74.4 Å². The minimum absolute atomic E-state index is 0.0369. The molecule has 0 N–H and O–H groups in total. The summed E-state index contributed by atoms with van der Waals surface area (Å²) in [6, 6.07) is 7.02. The molecule has 4 heterocycles. The predicted octanol–water partition coefficient (Wildman–Crippen LogP) is -0.913. The Kier molecular flexibility index (Phi) is 5.44. The molecule has 0 radical (unpaired) electrons. The van der Waals surface area contributed by atoms with Crippen LogP contribution in [0.25, 0.3) is 11.2 Å². The van der Waals surface area contributed by atoms with Crippen molar-refractivity contribution in [3.63, 3.8) is 0 Å². The lowest BCUT2D eigenvalue weighted by Gasteiger charge is -2.37. The SMILES string of the molecule is Cn1c(=O)c2c(ncn2CC(=O)N2C[C@@H](C(=O)N3CCOCC3)Oc3ccccc32)n(C)c1=O. The number of hydrogen-bond acceptors (Lipinski definition) is 7. The Labute approximate surface area is 193 Å². The third kappa shape index (κ3) is 3.55. The molecule has 178 valence electrons. The first-order valence-corrected chi connectivity index (χ1v) is 10.9. The number of nitrogens with zero attached hydrogens (tertiary/aromatic N) is 6. The molecule has 1 aromatic carbocycles. The lowest BCUT2D eigenvalue weighted by atomic mass is 10.1. The quantitative estimate of drug-likeness (QED) is 0.488. The second-order valence-electron chi connectivity index (χ2n) is 8.27. The van der Waals surface area contributed by atoms with Crippen LogP contribution < -0.4 is 20.9 Å². The molecule has 2 amide bonds. The highest BCUT2D eigenvalue weighted by molar-refractivity contribution is 5.97. The van der Waals surface area contributed by atoms with Gasteiger partial charge in [0.05, 0.1) is 31.8 Å². The van der Waals surface area contributed by atoms with Crippen LogP contribution in [0.5, 0.6) is 5.75 Å². The molecule has 0 spiro atoms. The van der Waals surface area contributed by atoms with E-state index in [0.29, 0.717) is 37.7 Å². The van der Waals surface area contributed by atoms with Crippen LogP contribution in [0, 0.1) is 0 Å². The predicted molar refractivity (Wildman–Crippen MR) is 121 cm³/mol. The number of ether oxygens (including phenoxy) is 2. The largest absolute Gasteiger partial charge is 0.476 e. The summed E-state index contributed by atoms with van der Waals surface area (Å²) in [6.45, 7) is 1.70. The molecule has 34 heavy (non-hydrogen) atoms. The fourth-order valence-electron chi connectivity index (χ4n) is 4.33. The van der Waals surface area contributed by atoms with Crippen molar-refractivity contribution in [3.05, 3.63) is 51.4 Å². The van der Waals surface area contributed by atoms with Crippen LogP contribution >= 0.6 is 0 Å². The van der Waals surface area contributed by atoms with Crippen molar-refractivity contribution < 1.29 is 19.1 Å². The first kappa shape index (κ1) is 21.9. The van der Waals surface area contributed by atoms with Gasteiger partial charge in [-0.05, 0) is 12.1 Å².